The van der Waals surface area contributed by atoms with Gasteiger partial charge in [-0.2, -0.15) is 0 Å². The van der Waals surface area contributed by atoms with Crippen LogP contribution in [0.1, 0.15) is 24.8 Å². The van der Waals surface area contributed by atoms with Crippen LogP contribution in [0.25, 0.3) is 0 Å². The lowest BCUT2D eigenvalue weighted by Crippen LogP contribution is -2.35. The highest BCUT2D eigenvalue weighted by atomic mass is 16.5. The molecule has 1 saturated heterocycles. The number of hydrogen-bond acceptors (Lipinski definition) is 4. The number of carboxylic acids is 1. The van der Waals surface area contributed by atoms with Crippen molar-refractivity contribution in [1.29, 1.82) is 0 Å². The first kappa shape index (κ1) is 15.6. The predicted octanol–water partition coefficient (Wildman–Crippen LogP) is 2.39. The molecule has 1 aliphatic heterocycles. The Morgan fingerprint density at radius 1 is 1.33 bits per heavy atom. The maximum Gasteiger partial charge on any atom is 0.303 e. The van der Waals surface area contributed by atoms with Gasteiger partial charge in [0.25, 0.3) is 0 Å². The zero-order valence-corrected chi connectivity index (χ0v) is 12.7. The second-order valence-electron chi connectivity index (χ2n) is 5.53. The Bertz CT molecular complexity index is 489. The van der Waals surface area contributed by atoms with Gasteiger partial charge in [-0.1, -0.05) is 6.07 Å². The van der Waals surface area contributed by atoms with Crippen molar-refractivity contribution < 1.29 is 19.4 Å². The number of carbonyl (C=O) groups is 1. The number of carboxylic acid groups (broad SMARTS) is 1. The summed E-state index contributed by atoms with van der Waals surface area (Å²) in [6.45, 7) is 2.68. The molecular weight excluding hydrogens is 270 g/mol. The Hall–Kier alpha value is -1.75. The van der Waals surface area contributed by atoms with Crippen molar-refractivity contribution in [3.8, 4) is 11.5 Å². The zero-order chi connectivity index (χ0) is 15.2. The second-order valence-corrected chi connectivity index (χ2v) is 5.53. The number of hydrogen-bond donors (Lipinski definition) is 1. The first-order valence-electron chi connectivity index (χ1n) is 7.27. The highest BCUT2D eigenvalue weighted by Crippen LogP contribution is 2.29. The number of nitrogens with zero attached hydrogens (tertiary/aromatic N) is 1. The number of aliphatic carboxylic acids is 1. The molecule has 2 rings (SSSR count). The van der Waals surface area contributed by atoms with Crippen LogP contribution in [0.4, 0.5) is 0 Å². The van der Waals surface area contributed by atoms with Crippen molar-refractivity contribution in [2.75, 3.05) is 27.3 Å². The summed E-state index contributed by atoms with van der Waals surface area (Å²) in [7, 11) is 3.25. The molecule has 1 aromatic carbocycles. The quantitative estimate of drug-likeness (QED) is 0.872. The first-order chi connectivity index (χ1) is 10.1. The topological polar surface area (TPSA) is 59.0 Å². The molecule has 21 heavy (non-hydrogen) atoms. The lowest BCUT2D eigenvalue weighted by atomic mass is 9.94. The minimum Gasteiger partial charge on any atom is -0.493 e. The van der Waals surface area contributed by atoms with E-state index in [1.165, 1.54) is 0 Å². The SMILES string of the molecule is COc1ccc(CN2CCCC(CC(=O)O)C2)cc1OC. The zero-order valence-electron chi connectivity index (χ0n) is 12.7. The molecule has 0 radical (unpaired) electrons. The molecule has 1 atom stereocenters. The monoisotopic (exact) mass is 293 g/mol. The maximum absolute atomic E-state index is 10.8. The average molecular weight is 293 g/mol. The summed E-state index contributed by atoms with van der Waals surface area (Å²) >= 11 is 0. The molecule has 1 fully saturated rings. The number of likely N-dealkylation sites (tertiary alicyclic amines) is 1. The molecule has 1 aliphatic rings. The van der Waals surface area contributed by atoms with E-state index < -0.39 is 5.97 Å². The molecular formula is C16H23NO4. The van der Waals surface area contributed by atoms with Gasteiger partial charge in [0.2, 0.25) is 0 Å². The van der Waals surface area contributed by atoms with Crippen LogP contribution in [-0.2, 0) is 11.3 Å². The van der Waals surface area contributed by atoms with E-state index in [4.69, 9.17) is 14.6 Å². The second kappa shape index (κ2) is 7.31. The van der Waals surface area contributed by atoms with E-state index in [-0.39, 0.29) is 12.3 Å². The van der Waals surface area contributed by atoms with Crippen LogP contribution in [0.5, 0.6) is 11.5 Å². The predicted molar refractivity (Wildman–Crippen MR) is 79.8 cm³/mol. The van der Waals surface area contributed by atoms with Crippen LogP contribution in [-0.4, -0.2) is 43.3 Å². The Kier molecular flexibility index (Phi) is 5.44. The van der Waals surface area contributed by atoms with Gasteiger partial charge < -0.3 is 14.6 Å². The van der Waals surface area contributed by atoms with Gasteiger partial charge in [-0.3, -0.25) is 9.69 Å². The number of ether oxygens (including phenoxy) is 2. The van der Waals surface area contributed by atoms with Gasteiger partial charge in [-0.15, -0.1) is 0 Å². The molecule has 0 spiro atoms. The van der Waals surface area contributed by atoms with Crippen LogP contribution < -0.4 is 9.47 Å². The highest BCUT2D eigenvalue weighted by molar-refractivity contribution is 5.67. The van der Waals surface area contributed by atoms with Crippen LogP contribution in [0.15, 0.2) is 18.2 Å². The molecule has 0 amide bonds. The summed E-state index contributed by atoms with van der Waals surface area (Å²) in [4.78, 5) is 13.2. The minimum atomic E-state index is -0.701. The molecule has 1 unspecified atom stereocenters. The molecule has 0 saturated carbocycles. The standard InChI is InChI=1S/C16H23NO4/c1-20-14-6-5-13(8-15(14)21-2)11-17-7-3-4-12(10-17)9-16(18)19/h5-6,8,12H,3-4,7,9-11H2,1-2H3,(H,18,19). The highest BCUT2D eigenvalue weighted by Gasteiger charge is 2.22. The fourth-order valence-electron chi connectivity index (χ4n) is 2.95. The van der Waals surface area contributed by atoms with Crippen molar-refractivity contribution in [2.24, 2.45) is 5.92 Å². The Morgan fingerprint density at radius 3 is 2.76 bits per heavy atom. The molecule has 0 aliphatic carbocycles. The molecule has 1 heterocycles. The number of methoxy groups -OCH3 is 2. The molecule has 5 heteroatoms. The smallest absolute Gasteiger partial charge is 0.303 e. The molecule has 116 valence electrons. The van der Waals surface area contributed by atoms with Crippen molar-refractivity contribution in [3.05, 3.63) is 23.8 Å². The summed E-state index contributed by atoms with van der Waals surface area (Å²) in [6.07, 6.45) is 2.34. The Morgan fingerprint density at radius 2 is 2.10 bits per heavy atom. The normalized spacial score (nSPS) is 19.2. The van der Waals surface area contributed by atoms with E-state index in [0.29, 0.717) is 0 Å². The van der Waals surface area contributed by atoms with Crippen LogP contribution in [0, 0.1) is 5.92 Å². The summed E-state index contributed by atoms with van der Waals surface area (Å²) in [5.74, 6) is 1.02. The van der Waals surface area contributed by atoms with Gasteiger partial charge in [-0.05, 0) is 43.0 Å². The fourth-order valence-corrected chi connectivity index (χ4v) is 2.95. The van der Waals surface area contributed by atoms with E-state index >= 15 is 0 Å². The van der Waals surface area contributed by atoms with E-state index in [9.17, 15) is 4.79 Å². The van der Waals surface area contributed by atoms with Crippen molar-refractivity contribution >= 4 is 5.97 Å². The lowest BCUT2D eigenvalue weighted by molar-refractivity contribution is -0.138. The van der Waals surface area contributed by atoms with Crippen LogP contribution in [0.3, 0.4) is 0 Å². The number of rotatable bonds is 6. The molecule has 0 aromatic heterocycles. The number of benzene rings is 1. The largest absolute Gasteiger partial charge is 0.493 e. The third-order valence-corrected chi connectivity index (χ3v) is 3.92. The minimum absolute atomic E-state index is 0.261. The van der Waals surface area contributed by atoms with Crippen LogP contribution in [0.2, 0.25) is 0 Å². The van der Waals surface area contributed by atoms with Gasteiger partial charge in [0.1, 0.15) is 0 Å². The molecule has 5 nitrogen and oxygen atoms in total. The molecule has 0 bridgehead atoms. The Balaban J connectivity index is 1.99. The van der Waals surface area contributed by atoms with E-state index in [0.717, 1.165) is 49.5 Å². The third-order valence-electron chi connectivity index (χ3n) is 3.92. The lowest BCUT2D eigenvalue weighted by Gasteiger charge is -2.32. The molecule has 1 N–H and O–H groups in total. The number of piperidine rings is 1. The van der Waals surface area contributed by atoms with E-state index in [1.54, 1.807) is 14.2 Å². The average Bonchev–Trinajstić information content (AvgIpc) is 2.46. The van der Waals surface area contributed by atoms with Gasteiger partial charge in [0.15, 0.2) is 11.5 Å². The van der Waals surface area contributed by atoms with Gasteiger partial charge in [-0.25, -0.2) is 0 Å². The van der Waals surface area contributed by atoms with Crippen molar-refractivity contribution in [1.82, 2.24) is 4.90 Å². The van der Waals surface area contributed by atoms with Crippen molar-refractivity contribution in [3.63, 3.8) is 0 Å². The summed E-state index contributed by atoms with van der Waals surface area (Å²) in [6, 6.07) is 5.93. The maximum atomic E-state index is 10.8. The summed E-state index contributed by atoms with van der Waals surface area (Å²) in [5.41, 5.74) is 1.16. The first-order valence-corrected chi connectivity index (χ1v) is 7.27. The van der Waals surface area contributed by atoms with Gasteiger partial charge in [0, 0.05) is 19.5 Å². The molecule has 1 aromatic rings. The van der Waals surface area contributed by atoms with Gasteiger partial charge in [0.05, 0.1) is 14.2 Å². The van der Waals surface area contributed by atoms with Crippen LogP contribution >= 0.6 is 0 Å². The Labute approximate surface area is 125 Å². The summed E-state index contributed by atoms with van der Waals surface area (Å²) < 4.78 is 10.6. The van der Waals surface area contributed by atoms with E-state index in [2.05, 4.69) is 4.90 Å². The fraction of sp³-hybridized carbons (Fsp3) is 0.562. The van der Waals surface area contributed by atoms with E-state index in [1.807, 2.05) is 18.2 Å². The third kappa shape index (κ3) is 4.36. The van der Waals surface area contributed by atoms with Crippen molar-refractivity contribution in [2.45, 2.75) is 25.8 Å². The summed E-state index contributed by atoms with van der Waals surface area (Å²) in [5, 5.41) is 8.92. The van der Waals surface area contributed by atoms with Gasteiger partial charge >= 0.3 is 5.97 Å².